The van der Waals surface area contributed by atoms with Gasteiger partial charge in [-0.05, 0) is 11.6 Å². The summed E-state index contributed by atoms with van der Waals surface area (Å²) in [6, 6.07) is 4.04. The minimum absolute atomic E-state index is 0.0910. The number of hydrogen-bond acceptors (Lipinski definition) is 2. The van der Waals surface area contributed by atoms with Crippen LogP contribution in [0.15, 0.2) is 18.2 Å². The van der Waals surface area contributed by atoms with Crippen molar-refractivity contribution in [2.24, 2.45) is 0 Å². The van der Waals surface area contributed by atoms with E-state index in [1.807, 2.05) is 0 Å². The molecular weight excluding hydrogens is 277 g/mol. The number of rotatable bonds is 3. The Morgan fingerprint density at radius 2 is 2.07 bits per heavy atom. The van der Waals surface area contributed by atoms with E-state index in [1.165, 1.54) is 6.07 Å². The Kier molecular flexibility index (Phi) is 3.73. The highest BCUT2D eigenvalue weighted by molar-refractivity contribution is 9.08. The molecule has 0 fully saturated rings. The van der Waals surface area contributed by atoms with Crippen LogP contribution >= 0.6 is 15.9 Å². The second-order valence-corrected chi connectivity index (χ2v) is 3.19. The fourth-order valence-electron chi connectivity index (χ4n) is 1.05. The molecule has 6 heteroatoms. The molecule has 1 aromatic carbocycles. The van der Waals surface area contributed by atoms with Crippen LogP contribution in [0.4, 0.5) is 13.2 Å². The van der Waals surface area contributed by atoms with Gasteiger partial charge < -0.3 is 4.74 Å². The molecule has 0 spiro atoms. The molecule has 0 saturated carbocycles. The van der Waals surface area contributed by atoms with E-state index in [0.29, 0.717) is 11.8 Å². The summed E-state index contributed by atoms with van der Waals surface area (Å²) in [5.41, 5.74) is 0.360. The summed E-state index contributed by atoms with van der Waals surface area (Å²) in [5.74, 6) is -0.477. The van der Waals surface area contributed by atoms with Crippen molar-refractivity contribution in [2.75, 3.05) is 0 Å². The van der Waals surface area contributed by atoms with Gasteiger partial charge in [0.2, 0.25) is 0 Å². The zero-order valence-electron chi connectivity index (χ0n) is 7.34. The number of hydrogen-bond donors (Lipinski definition) is 0. The summed E-state index contributed by atoms with van der Waals surface area (Å²) in [6.45, 7) is 0. The molecule has 2 nitrogen and oxygen atoms in total. The SMILES string of the molecule is O=Cc1c(CBr)cccc1OC(F)(F)F. The van der Waals surface area contributed by atoms with Gasteiger partial charge in [-0.25, -0.2) is 0 Å². The zero-order valence-corrected chi connectivity index (χ0v) is 8.93. The van der Waals surface area contributed by atoms with Crippen molar-refractivity contribution in [2.45, 2.75) is 11.7 Å². The summed E-state index contributed by atoms with van der Waals surface area (Å²) in [6.07, 6.45) is -4.44. The largest absolute Gasteiger partial charge is 0.573 e. The third kappa shape index (κ3) is 3.23. The average Bonchev–Trinajstić information content (AvgIpc) is 2.15. The van der Waals surface area contributed by atoms with E-state index >= 15 is 0 Å². The Bertz CT molecular complexity index is 363. The van der Waals surface area contributed by atoms with Crippen LogP contribution < -0.4 is 4.74 Å². The molecule has 0 unspecified atom stereocenters. The lowest BCUT2D eigenvalue weighted by Crippen LogP contribution is -2.18. The van der Waals surface area contributed by atoms with Gasteiger partial charge in [0.25, 0.3) is 0 Å². The summed E-state index contributed by atoms with van der Waals surface area (Å²) < 4.78 is 39.5. The lowest BCUT2D eigenvalue weighted by atomic mass is 10.1. The summed E-state index contributed by atoms with van der Waals surface area (Å²) in [5, 5.41) is 0.288. The molecule has 1 aromatic rings. The first-order valence-corrected chi connectivity index (χ1v) is 4.99. The normalized spacial score (nSPS) is 11.2. The molecular formula is C9H6BrF3O2. The molecule has 15 heavy (non-hydrogen) atoms. The van der Waals surface area contributed by atoms with Crippen molar-refractivity contribution < 1.29 is 22.7 Å². The highest BCUT2D eigenvalue weighted by Crippen LogP contribution is 2.28. The molecule has 0 amide bonds. The number of aldehydes is 1. The molecule has 0 N–H and O–H groups in total. The van der Waals surface area contributed by atoms with Crippen LogP contribution in [0.25, 0.3) is 0 Å². The van der Waals surface area contributed by atoms with Crippen LogP contribution in [0, 0.1) is 0 Å². The van der Waals surface area contributed by atoms with Crippen molar-refractivity contribution in [3.63, 3.8) is 0 Å². The second kappa shape index (κ2) is 4.65. The fourth-order valence-corrected chi connectivity index (χ4v) is 1.54. The summed E-state index contributed by atoms with van der Waals surface area (Å²) >= 11 is 3.07. The van der Waals surface area contributed by atoms with Gasteiger partial charge in [0.1, 0.15) is 5.75 Å². The first-order valence-electron chi connectivity index (χ1n) is 3.86. The van der Waals surface area contributed by atoms with Gasteiger partial charge in [-0.2, -0.15) is 0 Å². The number of carbonyl (C=O) groups is 1. The van der Waals surface area contributed by atoms with Crippen LogP contribution in [0.5, 0.6) is 5.75 Å². The maximum atomic E-state index is 11.9. The summed E-state index contributed by atoms with van der Waals surface area (Å²) in [7, 11) is 0. The van der Waals surface area contributed by atoms with Crippen molar-refractivity contribution >= 4 is 22.2 Å². The van der Waals surface area contributed by atoms with Gasteiger partial charge in [-0.15, -0.1) is 13.2 Å². The number of carbonyl (C=O) groups excluding carboxylic acids is 1. The quantitative estimate of drug-likeness (QED) is 0.628. The predicted molar refractivity (Wildman–Crippen MR) is 51.1 cm³/mol. The molecule has 0 aliphatic heterocycles. The molecule has 0 heterocycles. The van der Waals surface area contributed by atoms with Gasteiger partial charge in [0, 0.05) is 5.33 Å². The fraction of sp³-hybridized carbons (Fsp3) is 0.222. The minimum atomic E-state index is -4.79. The number of benzene rings is 1. The Labute approximate surface area is 92.2 Å². The first kappa shape index (κ1) is 12.0. The van der Waals surface area contributed by atoms with Crippen LogP contribution in [0.3, 0.4) is 0 Å². The molecule has 0 atom stereocenters. The van der Waals surface area contributed by atoms with Crippen LogP contribution in [-0.2, 0) is 5.33 Å². The Morgan fingerprint density at radius 3 is 2.53 bits per heavy atom. The van der Waals surface area contributed by atoms with Gasteiger partial charge in [-0.3, -0.25) is 4.79 Å². The van der Waals surface area contributed by atoms with Gasteiger partial charge in [0.15, 0.2) is 6.29 Å². The van der Waals surface area contributed by atoms with Gasteiger partial charge >= 0.3 is 6.36 Å². The molecule has 0 bridgehead atoms. The smallest absolute Gasteiger partial charge is 0.405 e. The number of halogens is 4. The highest BCUT2D eigenvalue weighted by Gasteiger charge is 2.32. The molecule has 0 aliphatic rings. The third-order valence-corrected chi connectivity index (χ3v) is 2.25. The van der Waals surface area contributed by atoms with Crippen molar-refractivity contribution in [1.82, 2.24) is 0 Å². The Hall–Kier alpha value is -1.04. The predicted octanol–water partition coefficient (Wildman–Crippen LogP) is 3.29. The van der Waals surface area contributed by atoms with E-state index in [4.69, 9.17) is 0 Å². The van der Waals surface area contributed by atoms with E-state index in [-0.39, 0.29) is 10.9 Å². The van der Waals surface area contributed by atoms with Crippen molar-refractivity contribution in [1.29, 1.82) is 0 Å². The monoisotopic (exact) mass is 282 g/mol. The molecule has 1 rings (SSSR count). The molecule has 0 aliphatic carbocycles. The van der Waals surface area contributed by atoms with Crippen LogP contribution in [0.2, 0.25) is 0 Å². The maximum Gasteiger partial charge on any atom is 0.573 e. The standard InChI is InChI=1S/C9H6BrF3O2/c10-4-6-2-1-3-8(7(6)5-14)15-9(11,12)13/h1-3,5H,4H2. The average molecular weight is 283 g/mol. The topological polar surface area (TPSA) is 26.3 Å². The lowest BCUT2D eigenvalue weighted by molar-refractivity contribution is -0.274. The van der Waals surface area contributed by atoms with Crippen molar-refractivity contribution in [3.8, 4) is 5.75 Å². The second-order valence-electron chi connectivity index (χ2n) is 2.63. The summed E-state index contributed by atoms with van der Waals surface area (Å²) in [4.78, 5) is 10.6. The number of alkyl halides is 4. The Balaban J connectivity index is 3.12. The maximum absolute atomic E-state index is 11.9. The van der Waals surface area contributed by atoms with Gasteiger partial charge in [-0.1, -0.05) is 28.1 Å². The first-order chi connectivity index (χ1) is 6.98. The third-order valence-electron chi connectivity index (χ3n) is 1.64. The van der Waals surface area contributed by atoms with E-state index in [1.54, 1.807) is 6.07 Å². The van der Waals surface area contributed by atoms with E-state index in [2.05, 4.69) is 20.7 Å². The lowest BCUT2D eigenvalue weighted by Gasteiger charge is -2.12. The molecule has 82 valence electrons. The minimum Gasteiger partial charge on any atom is -0.405 e. The van der Waals surface area contributed by atoms with Crippen LogP contribution in [-0.4, -0.2) is 12.6 Å². The molecule has 0 aromatic heterocycles. The van der Waals surface area contributed by atoms with Crippen LogP contribution in [0.1, 0.15) is 15.9 Å². The van der Waals surface area contributed by atoms with E-state index < -0.39 is 12.1 Å². The van der Waals surface area contributed by atoms with E-state index in [0.717, 1.165) is 6.07 Å². The van der Waals surface area contributed by atoms with E-state index in [9.17, 15) is 18.0 Å². The molecule has 0 radical (unpaired) electrons. The highest BCUT2D eigenvalue weighted by atomic mass is 79.9. The number of ether oxygens (including phenoxy) is 1. The Morgan fingerprint density at radius 1 is 1.40 bits per heavy atom. The molecule has 0 saturated heterocycles. The zero-order chi connectivity index (χ0) is 11.5. The van der Waals surface area contributed by atoms with Crippen molar-refractivity contribution in [3.05, 3.63) is 29.3 Å². The van der Waals surface area contributed by atoms with Gasteiger partial charge in [0.05, 0.1) is 5.56 Å².